The molecule has 1 aromatic carbocycles. The van der Waals surface area contributed by atoms with E-state index in [4.69, 9.17) is 5.41 Å². The fourth-order valence-corrected chi connectivity index (χ4v) is 5.60. The second kappa shape index (κ2) is 15.4. The van der Waals surface area contributed by atoms with E-state index in [2.05, 4.69) is 15.0 Å². The van der Waals surface area contributed by atoms with Gasteiger partial charge in [0.25, 0.3) is 0 Å². The predicted octanol–water partition coefficient (Wildman–Crippen LogP) is 8.26. The van der Waals surface area contributed by atoms with Crippen molar-refractivity contribution in [3.8, 4) is 0 Å². The van der Waals surface area contributed by atoms with Crippen molar-refractivity contribution in [2.75, 3.05) is 25.3 Å². The molecule has 0 saturated heterocycles. The Labute approximate surface area is 242 Å². The van der Waals surface area contributed by atoms with Gasteiger partial charge in [-0.15, -0.1) is 0 Å². The van der Waals surface area contributed by atoms with Crippen molar-refractivity contribution in [2.45, 2.75) is 84.1 Å². The summed E-state index contributed by atoms with van der Waals surface area (Å²) >= 11 is 0. The lowest BCUT2D eigenvalue weighted by molar-refractivity contribution is -0.137. The molecule has 0 aliphatic heterocycles. The average molecular weight is 602 g/mol. The number of sulfone groups is 1. The molecule has 1 aliphatic carbocycles. The maximum absolute atomic E-state index is 14.8. The van der Waals surface area contributed by atoms with E-state index in [0.29, 0.717) is 29.9 Å². The lowest BCUT2D eigenvalue weighted by Gasteiger charge is -2.27. The van der Waals surface area contributed by atoms with Crippen LogP contribution in [0.1, 0.15) is 90.0 Å². The molecule has 6 nitrogen and oxygen atoms in total. The van der Waals surface area contributed by atoms with E-state index in [1.165, 1.54) is 38.1 Å². The second-order valence-electron chi connectivity index (χ2n) is 10.1. The summed E-state index contributed by atoms with van der Waals surface area (Å²) in [6, 6.07) is 6.51. The molecule has 1 heterocycles. The first kappa shape index (κ1) is 36.2. The topological polar surface area (TPSA) is 92.1 Å². The molecular formula is C30H43F4N3O3S. The van der Waals surface area contributed by atoms with Gasteiger partial charge in [-0.2, -0.15) is 13.2 Å². The van der Waals surface area contributed by atoms with Gasteiger partial charge in [0.2, 0.25) is 0 Å². The van der Waals surface area contributed by atoms with E-state index in [1.807, 2.05) is 20.8 Å². The third-order valence-corrected chi connectivity index (χ3v) is 9.21. The number of pyridine rings is 1. The van der Waals surface area contributed by atoms with Crippen molar-refractivity contribution < 1.29 is 30.7 Å². The van der Waals surface area contributed by atoms with Gasteiger partial charge in [-0.25, -0.2) is 12.8 Å². The number of hydrogen-bond acceptors (Lipinski definition) is 6. The number of methoxy groups -OCH3 is 1. The number of nitrogens with one attached hydrogen (secondary N) is 2. The quantitative estimate of drug-likeness (QED) is 0.211. The number of allylic oxidation sites excluding steroid dienone is 1. The molecule has 1 unspecified atom stereocenters. The molecule has 0 radical (unpaired) electrons. The summed E-state index contributed by atoms with van der Waals surface area (Å²) in [5.41, 5.74) is 1.84. The molecule has 0 amide bonds. The average Bonchev–Trinajstić information content (AvgIpc) is 3.74. The highest BCUT2D eigenvalue weighted by atomic mass is 32.2. The molecule has 1 fully saturated rings. The number of ether oxygens (including phenoxy) is 1. The van der Waals surface area contributed by atoms with Gasteiger partial charge >= 0.3 is 6.18 Å². The van der Waals surface area contributed by atoms with Crippen molar-refractivity contribution in [2.24, 2.45) is 0 Å². The van der Waals surface area contributed by atoms with Crippen LogP contribution < -0.4 is 5.32 Å². The van der Waals surface area contributed by atoms with Crippen molar-refractivity contribution in [1.82, 2.24) is 4.98 Å². The molecule has 11 heteroatoms. The van der Waals surface area contributed by atoms with Gasteiger partial charge in [0.05, 0.1) is 22.7 Å². The van der Waals surface area contributed by atoms with E-state index in [1.54, 1.807) is 21.1 Å². The molecule has 1 atom stereocenters. The third kappa shape index (κ3) is 9.92. The van der Waals surface area contributed by atoms with Crippen molar-refractivity contribution in [3.05, 3.63) is 64.7 Å². The van der Waals surface area contributed by atoms with Crippen LogP contribution in [0.15, 0.2) is 42.1 Å². The van der Waals surface area contributed by atoms with E-state index >= 15 is 0 Å². The van der Waals surface area contributed by atoms with E-state index in [-0.39, 0.29) is 17.0 Å². The number of aromatic nitrogens is 1. The van der Waals surface area contributed by atoms with Crippen molar-refractivity contribution >= 4 is 26.9 Å². The summed E-state index contributed by atoms with van der Waals surface area (Å²) in [4.78, 5) is 3.97. The van der Waals surface area contributed by atoms with Crippen molar-refractivity contribution in [1.29, 1.82) is 5.41 Å². The highest BCUT2D eigenvalue weighted by Crippen LogP contribution is 2.38. The number of benzene rings is 1. The van der Waals surface area contributed by atoms with Gasteiger partial charge in [-0.05, 0) is 80.5 Å². The normalized spacial score (nSPS) is 13.7. The summed E-state index contributed by atoms with van der Waals surface area (Å²) in [6.07, 6.45) is -1.15. The molecule has 230 valence electrons. The summed E-state index contributed by atoms with van der Waals surface area (Å²) in [7, 11) is -0.517. The minimum absolute atomic E-state index is 0.123. The van der Waals surface area contributed by atoms with Gasteiger partial charge < -0.3 is 15.5 Å². The monoisotopic (exact) mass is 601 g/mol. The Hall–Kier alpha value is -2.79. The first-order chi connectivity index (χ1) is 19.1. The molecule has 3 rings (SSSR count). The molecule has 2 aromatic rings. The van der Waals surface area contributed by atoms with Crippen LogP contribution in [0, 0.1) is 11.2 Å². The number of alkyl halides is 3. The van der Waals surface area contributed by atoms with Crippen LogP contribution >= 0.6 is 0 Å². The Kier molecular flexibility index (Phi) is 13.6. The zero-order chi connectivity index (χ0) is 31.6. The van der Waals surface area contributed by atoms with Crippen LogP contribution in [0.5, 0.6) is 0 Å². The molecule has 1 saturated carbocycles. The zero-order valence-electron chi connectivity index (χ0n) is 25.2. The second-order valence-corrected chi connectivity index (χ2v) is 12.7. The Morgan fingerprint density at radius 3 is 2.17 bits per heavy atom. The number of hydrogen-bond donors (Lipinski definition) is 2. The Morgan fingerprint density at radius 1 is 1.12 bits per heavy atom. The van der Waals surface area contributed by atoms with Crippen LogP contribution in [0.25, 0.3) is 5.70 Å². The fraction of sp³-hybridized carbons (Fsp3) is 0.533. The van der Waals surface area contributed by atoms with Gasteiger partial charge in [-0.1, -0.05) is 34.1 Å². The SMILES string of the molecule is CC.CCCC(=N)C(C)(C)S(=O)(=O)CC(C)c1cc(NC(=C2CC2)c2ccc(C(F)(F)F)cn2)ccc1F.COC. The number of halogens is 4. The number of rotatable bonds is 10. The Balaban J connectivity index is 0.00000157. The summed E-state index contributed by atoms with van der Waals surface area (Å²) < 4.78 is 82.7. The minimum atomic E-state index is -4.49. The van der Waals surface area contributed by atoms with Gasteiger partial charge in [-0.3, -0.25) is 4.98 Å². The predicted molar refractivity (Wildman–Crippen MR) is 159 cm³/mol. The van der Waals surface area contributed by atoms with Crippen LogP contribution in [0.2, 0.25) is 0 Å². The minimum Gasteiger partial charge on any atom is -0.388 e. The van der Waals surface area contributed by atoms with Gasteiger partial charge in [0.1, 0.15) is 10.6 Å². The zero-order valence-corrected chi connectivity index (χ0v) is 26.0. The van der Waals surface area contributed by atoms with Crippen LogP contribution in [-0.4, -0.2) is 43.8 Å². The van der Waals surface area contributed by atoms with Gasteiger partial charge in [0, 0.05) is 31.8 Å². The molecule has 0 bridgehead atoms. The third-order valence-electron chi connectivity index (χ3n) is 6.47. The van der Waals surface area contributed by atoms with Crippen molar-refractivity contribution in [3.63, 3.8) is 0 Å². The van der Waals surface area contributed by atoms with E-state index < -0.39 is 38.1 Å². The van der Waals surface area contributed by atoms with E-state index in [0.717, 1.165) is 30.7 Å². The molecule has 0 spiro atoms. The van der Waals surface area contributed by atoms with Crippen LogP contribution in [0.4, 0.5) is 23.2 Å². The van der Waals surface area contributed by atoms with Gasteiger partial charge in [0.15, 0.2) is 9.84 Å². The fourth-order valence-electron chi connectivity index (χ4n) is 3.86. The Morgan fingerprint density at radius 2 is 1.71 bits per heavy atom. The number of nitrogens with zero attached hydrogens (tertiary/aromatic N) is 1. The summed E-state index contributed by atoms with van der Waals surface area (Å²) in [6.45, 7) is 10.5. The molecule has 2 N–H and O–H groups in total. The lowest BCUT2D eigenvalue weighted by Crippen LogP contribution is -2.42. The maximum atomic E-state index is 14.8. The molecule has 1 aromatic heterocycles. The smallest absolute Gasteiger partial charge is 0.388 e. The van der Waals surface area contributed by atoms with Crippen LogP contribution in [-0.2, 0) is 20.8 Å². The summed E-state index contributed by atoms with van der Waals surface area (Å²) in [5.74, 6) is -1.58. The molecular weight excluding hydrogens is 558 g/mol. The maximum Gasteiger partial charge on any atom is 0.417 e. The largest absolute Gasteiger partial charge is 0.417 e. The summed E-state index contributed by atoms with van der Waals surface area (Å²) in [5, 5.41) is 11.3. The first-order valence-electron chi connectivity index (χ1n) is 13.6. The lowest BCUT2D eigenvalue weighted by atomic mass is 10.0. The Bertz CT molecular complexity index is 1280. The highest BCUT2D eigenvalue weighted by Gasteiger charge is 2.39. The number of anilines is 1. The first-order valence-corrected chi connectivity index (χ1v) is 15.3. The standard InChI is InChI=1S/C26H31F4N3O2S.C2H6O.C2H6/c1-5-6-23(31)25(3,4)36(34,35)15-16(2)20-13-19(10-11-21(20)27)33-24(17-7-8-17)22-12-9-18(14-32-22)26(28,29)30;1-3-2;1-2/h9-14,16,31,33H,5-8,15H2,1-4H3;1-2H3;1-2H3. The molecule has 41 heavy (non-hydrogen) atoms. The molecule has 1 aliphatic rings. The van der Waals surface area contributed by atoms with E-state index in [9.17, 15) is 26.0 Å². The van der Waals surface area contributed by atoms with Crippen LogP contribution in [0.3, 0.4) is 0 Å². The highest BCUT2D eigenvalue weighted by molar-refractivity contribution is 7.93.